The van der Waals surface area contributed by atoms with Crippen molar-refractivity contribution < 1.29 is 14.6 Å². The van der Waals surface area contributed by atoms with Gasteiger partial charge in [-0.3, -0.25) is 4.79 Å². The summed E-state index contributed by atoms with van der Waals surface area (Å²) in [7, 11) is 0. The zero-order valence-corrected chi connectivity index (χ0v) is 11.9. The second kappa shape index (κ2) is 6.36. The number of hydrogen-bond donors (Lipinski definition) is 2. The summed E-state index contributed by atoms with van der Waals surface area (Å²) in [4.78, 5) is 19.4. The van der Waals surface area contributed by atoms with Gasteiger partial charge in [-0.1, -0.05) is 6.92 Å². The number of aliphatic carboxylic acids is 1. The van der Waals surface area contributed by atoms with Gasteiger partial charge in [0.15, 0.2) is 0 Å². The van der Waals surface area contributed by atoms with Crippen LogP contribution >= 0.6 is 0 Å². The number of ether oxygens (including phenoxy) is 1. The highest BCUT2D eigenvalue weighted by atomic mass is 16.5. The molecule has 1 aromatic rings. The molecule has 0 aliphatic heterocycles. The Morgan fingerprint density at radius 2 is 2.16 bits per heavy atom. The van der Waals surface area contributed by atoms with Crippen LogP contribution < -0.4 is 10.1 Å². The van der Waals surface area contributed by atoms with Gasteiger partial charge in [-0.25, -0.2) is 9.97 Å². The molecule has 1 atom stereocenters. The summed E-state index contributed by atoms with van der Waals surface area (Å²) < 4.78 is 5.38. The topological polar surface area (TPSA) is 84.3 Å². The Morgan fingerprint density at radius 1 is 1.47 bits per heavy atom. The van der Waals surface area contributed by atoms with Gasteiger partial charge in [-0.2, -0.15) is 0 Å². The first-order valence-corrected chi connectivity index (χ1v) is 6.36. The van der Waals surface area contributed by atoms with Gasteiger partial charge in [0.1, 0.15) is 12.1 Å². The molecule has 1 rings (SSSR count). The number of aromatic nitrogens is 2. The molecule has 6 nitrogen and oxygen atoms in total. The first-order chi connectivity index (χ1) is 8.94. The van der Waals surface area contributed by atoms with Crippen molar-refractivity contribution in [1.29, 1.82) is 0 Å². The molecule has 1 aromatic heterocycles. The van der Waals surface area contributed by atoms with E-state index in [0.717, 1.165) is 5.56 Å². The molecular weight excluding hydrogens is 246 g/mol. The van der Waals surface area contributed by atoms with Crippen molar-refractivity contribution in [2.45, 2.75) is 34.1 Å². The molecular formula is C13H21N3O3. The highest BCUT2D eigenvalue weighted by Gasteiger charge is 2.31. The molecule has 106 valence electrons. The van der Waals surface area contributed by atoms with Crippen LogP contribution in [0.3, 0.4) is 0 Å². The van der Waals surface area contributed by atoms with Crippen LogP contribution in [-0.2, 0) is 4.79 Å². The van der Waals surface area contributed by atoms with E-state index < -0.39 is 11.4 Å². The number of carboxylic acids is 1. The average Bonchev–Trinajstić information content (AvgIpc) is 2.39. The van der Waals surface area contributed by atoms with Gasteiger partial charge in [-0.05, 0) is 27.2 Å². The van der Waals surface area contributed by atoms with E-state index >= 15 is 0 Å². The van der Waals surface area contributed by atoms with E-state index in [1.807, 2.05) is 20.8 Å². The van der Waals surface area contributed by atoms with E-state index in [1.165, 1.54) is 6.33 Å². The van der Waals surface area contributed by atoms with Crippen LogP contribution in [0.5, 0.6) is 5.88 Å². The predicted molar refractivity (Wildman–Crippen MR) is 72.5 cm³/mol. The van der Waals surface area contributed by atoms with Crippen molar-refractivity contribution in [3.8, 4) is 5.88 Å². The fourth-order valence-corrected chi connectivity index (χ4v) is 1.53. The Morgan fingerprint density at radius 3 is 2.68 bits per heavy atom. The molecule has 0 saturated carbocycles. The van der Waals surface area contributed by atoms with Gasteiger partial charge in [0, 0.05) is 6.54 Å². The third-order valence-corrected chi connectivity index (χ3v) is 3.26. The molecule has 0 bridgehead atoms. The highest BCUT2D eigenvalue weighted by Crippen LogP contribution is 2.25. The fraction of sp³-hybridized carbons (Fsp3) is 0.615. The Hall–Kier alpha value is -1.85. The zero-order chi connectivity index (χ0) is 14.5. The number of hydrogen-bond acceptors (Lipinski definition) is 5. The van der Waals surface area contributed by atoms with Crippen LogP contribution in [0.15, 0.2) is 6.33 Å². The van der Waals surface area contributed by atoms with Crippen molar-refractivity contribution >= 4 is 11.8 Å². The number of carboxylic acid groups (broad SMARTS) is 1. The van der Waals surface area contributed by atoms with E-state index in [9.17, 15) is 9.90 Å². The molecule has 0 aliphatic carbocycles. The molecule has 6 heteroatoms. The number of anilines is 1. The molecule has 0 saturated heterocycles. The first kappa shape index (κ1) is 15.2. The summed E-state index contributed by atoms with van der Waals surface area (Å²) in [5, 5.41) is 12.3. The van der Waals surface area contributed by atoms with Crippen molar-refractivity contribution in [3.05, 3.63) is 11.9 Å². The monoisotopic (exact) mass is 267 g/mol. The van der Waals surface area contributed by atoms with Gasteiger partial charge in [-0.15, -0.1) is 0 Å². The van der Waals surface area contributed by atoms with Gasteiger partial charge in [0.05, 0.1) is 17.6 Å². The zero-order valence-electron chi connectivity index (χ0n) is 11.9. The Labute approximate surface area is 113 Å². The lowest BCUT2D eigenvalue weighted by atomic mass is 9.88. The Bertz CT molecular complexity index is 451. The molecule has 0 spiro atoms. The minimum atomic E-state index is -0.820. The molecule has 2 N–H and O–H groups in total. The number of carbonyl (C=O) groups is 1. The molecule has 19 heavy (non-hydrogen) atoms. The van der Waals surface area contributed by atoms with Crippen molar-refractivity contribution in [2.75, 3.05) is 18.5 Å². The maximum Gasteiger partial charge on any atom is 0.311 e. The normalized spacial score (nSPS) is 13.7. The number of rotatable bonds is 7. The highest BCUT2D eigenvalue weighted by molar-refractivity contribution is 5.75. The summed E-state index contributed by atoms with van der Waals surface area (Å²) in [6, 6.07) is 0. The lowest BCUT2D eigenvalue weighted by Crippen LogP contribution is -2.34. The van der Waals surface area contributed by atoms with Crippen LogP contribution in [0.2, 0.25) is 0 Å². The SMILES string of the molecule is CCOc1ncnc(NCC(C)(CC)C(=O)O)c1C. The van der Waals surface area contributed by atoms with Crippen molar-refractivity contribution in [2.24, 2.45) is 5.41 Å². The molecule has 0 amide bonds. The van der Waals surface area contributed by atoms with Crippen molar-refractivity contribution in [1.82, 2.24) is 9.97 Å². The lowest BCUT2D eigenvalue weighted by Gasteiger charge is -2.24. The van der Waals surface area contributed by atoms with Gasteiger partial charge >= 0.3 is 5.97 Å². The number of nitrogens with zero attached hydrogens (tertiary/aromatic N) is 2. The standard InChI is InChI=1S/C13H21N3O3/c1-5-13(4,12(17)18)7-14-10-9(3)11(19-6-2)16-8-15-10/h8H,5-7H2,1-4H3,(H,17,18)(H,14,15,16). The number of nitrogens with one attached hydrogen (secondary N) is 1. The van der Waals surface area contributed by atoms with E-state index in [2.05, 4.69) is 15.3 Å². The van der Waals surface area contributed by atoms with Crippen LogP contribution in [0.25, 0.3) is 0 Å². The lowest BCUT2D eigenvalue weighted by molar-refractivity contribution is -0.147. The maximum absolute atomic E-state index is 11.2. The van der Waals surface area contributed by atoms with Crippen LogP contribution in [0, 0.1) is 12.3 Å². The summed E-state index contributed by atoms with van der Waals surface area (Å²) in [5.74, 6) is 0.312. The van der Waals surface area contributed by atoms with Crippen molar-refractivity contribution in [3.63, 3.8) is 0 Å². The second-order valence-electron chi connectivity index (χ2n) is 4.66. The minimum absolute atomic E-state index is 0.308. The van der Waals surface area contributed by atoms with E-state index in [4.69, 9.17) is 4.74 Å². The van der Waals surface area contributed by atoms with Gasteiger partial charge in [0.2, 0.25) is 5.88 Å². The predicted octanol–water partition coefficient (Wildman–Crippen LogP) is 2.10. The van der Waals surface area contributed by atoms with Crippen LogP contribution in [0.4, 0.5) is 5.82 Å². The third-order valence-electron chi connectivity index (χ3n) is 3.26. The summed E-state index contributed by atoms with van der Waals surface area (Å²) in [5.41, 5.74) is -0.0309. The van der Waals surface area contributed by atoms with E-state index in [0.29, 0.717) is 31.3 Å². The summed E-state index contributed by atoms with van der Waals surface area (Å²) in [6.07, 6.45) is 1.95. The summed E-state index contributed by atoms with van der Waals surface area (Å²) in [6.45, 7) is 8.13. The second-order valence-corrected chi connectivity index (χ2v) is 4.66. The van der Waals surface area contributed by atoms with Crippen LogP contribution in [0.1, 0.15) is 32.8 Å². The van der Waals surface area contributed by atoms with E-state index in [1.54, 1.807) is 6.92 Å². The minimum Gasteiger partial charge on any atom is -0.481 e. The average molecular weight is 267 g/mol. The Kier molecular flexibility index (Phi) is 5.09. The van der Waals surface area contributed by atoms with Gasteiger partial charge in [0.25, 0.3) is 0 Å². The first-order valence-electron chi connectivity index (χ1n) is 6.36. The van der Waals surface area contributed by atoms with E-state index in [-0.39, 0.29) is 0 Å². The maximum atomic E-state index is 11.2. The fourth-order valence-electron chi connectivity index (χ4n) is 1.53. The Balaban J connectivity index is 2.83. The third kappa shape index (κ3) is 3.56. The largest absolute Gasteiger partial charge is 0.481 e. The summed E-state index contributed by atoms with van der Waals surface area (Å²) >= 11 is 0. The molecule has 0 radical (unpaired) electrons. The van der Waals surface area contributed by atoms with Gasteiger partial charge < -0.3 is 15.2 Å². The van der Waals surface area contributed by atoms with Crippen LogP contribution in [-0.4, -0.2) is 34.2 Å². The molecule has 1 heterocycles. The molecule has 1 unspecified atom stereocenters. The molecule has 0 aromatic carbocycles. The molecule has 0 fully saturated rings. The molecule has 0 aliphatic rings. The smallest absolute Gasteiger partial charge is 0.311 e. The quantitative estimate of drug-likeness (QED) is 0.787.